The summed E-state index contributed by atoms with van der Waals surface area (Å²) in [4.78, 5) is 14.7. The Labute approximate surface area is 232 Å². The third-order valence-corrected chi connectivity index (χ3v) is 8.03. The molecule has 3 heterocycles. The predicted molar refractivity (Wildman–Crippen MR) is 160 cm³/mol. The molecule has 1 aliphatic carbocycles. The molecule has 0 atom stereocenters. The highest BCUT2D eigenvalue weighted by atomic mass is 32.1. The van der Waals surface area contributed by atoms with E-state index < -0.39 is 0 Å². The fourth-order valence-electron chi connectivity index (χ4n) is 4.27. The second-order valence-corrected chi connectivity index (χ2v) is 12.0. The minimum absolute atomic E-state index is 0.183. The summed E-state index contributed by atoms with van der Waals surface area (Å²) in [6.07, 6.45) is 10.5. The number of likely N-dealkylation sites (N-methyl/N-ethyl adjacent to an activating group) is 1. The summed E-state index contributed by atoms with van der Waals surface area (Å²) in [6, 6.07) is 11.3. The van der Waals surface area contributed by atoms with Crippen LogP contribution in [0, 0.1) is 0 Å². The van der Waals surface area contributed by atoms with Gasteiger partial charge in [-0.1, -0.05) is 50.7 Å². The average Bonchev–Trinajstić information content (AvgIpc) is 3.19. The molecular formula is C30H35N5O3S. The van der Waals surface area contributed by atoms with Crippen LogP contribution < -0.4 is 16.0 Å². The number of hydrogen-bond acceptors (Lipinski definition) is 6. The number of carbonyl (C=O) groups is 1. The van der Waals surface area contributed by atoms with Crippen molar-refractivity contribution in [3.05, 3.63) is 71.6 Å². The lowest BCUT2D eigenvalue weighted by molar-refractivity contribution is 0.131. The van der Waals surface area contributed by atoms with E-state index in [1.807, 2.05) is 58.2 Å². The Hall–Kier alpha value is -3.66. The highest BCUT2D eigenvalue weighted by Crippen LogP contribution is 2.35. The van der Waals surface area contributed by atoms with Gasteiger partial charge in [0.15, 0.2) is 5.82 Å². The molecule has 1 aliphatic rings. The van der Waals surface area contributed by atoms with Crippen molar-refractivity contribution in [3.8, 4) is 11.1 Å². The number of urea groups is 1. The molecular weight excluding hydrogens is 510 g/mol. The molecule has 2 amide bonds. The maximum absolute atomic E-state index is 12.4. The van der Waals surface area contributed by atoms with Gasteiger partial charge in [-0.15, -0.1) is 11.3 Å². The van der Waals surface area contributed by atoms with E-state index in [1.54, 1.807) is 17.4 Å². The maximum Gasteiger partial charge on any atom is 0.324 e. The van der Waals surface area contributed by atoms with Crippen LogP contribution in [-0.2, 0) is 10.2 Å². The number of benzene rings is 1. The van der Waals surface area contributed by atoms with E-state index in [4.69, 9.17) is 9.26 Å². The zero-order chi connectivity index (χ0) is 27.6. The molecule has 0 aliphatic heterocycles. The van der Waals surface area contributed by atoms with Crippen molar-refractivity contribution in [2.45, 2.75) is 44.6 Å². The third kappa shape index (κ3) is 6.16. The van der Waals surface area contributed by atoms with Gasteiger partial charge in [-0.25, -0.2) is 4.79 Å². The largest absolute Gasteiger partial charge is 0.375 e. The van der Waals surface area contributed by atoms with Gasteiger partial charge in [0, 0.05) is 34.5 Å². The second kappa shape index (κ2) is 10.8. The first-order valence-electron chi connectivity index (χ1n) is 13.1. The van der Waals surface area contributed by atoms with Crippen molar-refractivity contribution in [2.24, 2.45) is 0 Å². The highest BCUT2D eigenvalue weighted by Gasteiger charge is 2.41. The van der Waals surface area contributed by atoms with Crippen LogP contribution in [0.1, 0.15) is 49.9 Å². The van der Waals surface area contributed by atoms with Crippen LogP contribution in [0.2, 0.25) is 0 Å². The summed E-state index contributed by atoms with van der Waals surface area (Å²) in [6.45, 7) is 11.4. The molecule has 8 nitrogen and oxygen atoms in total. The Bertz CT molecular complexity index is 1500. The Morgan fingerprint density at radius 3 is 2.62 bits per heavy atom. The first-order valence-corrected chi connectivity index (χ1v) is 13.9. The van der Waals surface area contributed by atoms with Gasteiger partial charge >= 0.3 is 6.03 Å². The molecule has 4 aromatic rings. The number of ether oxygens (including phenoxy) is 1. The summed E-state index contributed by atoms with van der Waals surface area (Å²) in [5.41, 5.74) is 3.93. The predicted octanol–water partition coefficient (Wildman–Crippen LogP) is 7.02. The van der Waals surface area contributed by atoms with Crippen LogP contribution in [0.4, 0.5) is 16.3 Å². The molecule has 0 unspecified atom stereocenters. The van der Waals surface area contributed by atoms with Crippen molar-refractivity contribution in [2.75, 3.05) is 30.9 Å². The molecule has 0 saturated heterocycles. The zero-order valence-corrected chi connectivity index (χ0v) is 23.7. The highest BCUT2D eigenvalue weighted by molar-refractivity contribution is 7.18. The van der Waals surface area contributed by atoms with Crippen LogP contribution >= 0.6 is 11.3 Å². The quantitative estimate of drug-likeness (QED) is 0.186. The van der Waals surface area contributed by atoms with Crippen molar-refractivity contribution in [3.63, 3.8) is 0 Å². The first-order chi connectivity index (χ1) is 18.7. The molecule has 1 fully saturated rings. The molecule has 1 saturated carbocycles. The standard InChI is InChI=1S/C30H35N5O3S/c1-6-24-23(8-7-15-37-19-30(31-5)13-14-30)35-18-21(16-27(35)39-24)20-9-11-22(12-10-20)32-28(36)33-26-17-25(38-34-26)29(2,3)4/h6-12,16-18,31H,1,13-15,19H2,2-5H3,(H2,32,33,34,36)/b8-7-. The summed E-state index contributed by atoms with van der Waals surface area (Å²) < 4.78 is 13.4. The third-order valence-electron chi connectivity index (χ3n) is 6.92. The second-order valence-electron chi connectivity index (χ2n) is 10.9. The Morgan fingerprint density at radius 2 is 1.97 bits per heavy atom. The lowest BCUT2D eigenvalue weighted by Gasteiger charge is -2.12. The number of hydrogen-bond donors (Lipinski definition) is 3. The molecule has 9 heteroatoms. The topological polar surface area (TPSA) is 92.8 Å². The normalized spacial score (nSPS) is 14.7. The molecule has 39 heavy (non-hydrogen) atoms. The van der Waals surface area contributed by atoms with Crippen molar-refractivity contribution in [1.29, 1.82) is 0 Å². The number of carbonyl (C=O) groups excluding carboxylic acids is 1. The molecule has 3 N–H and O–H groups in total. The van der Waals surface area contributed by atoms with Gasteiger partial charge in [0.2, 0.25) is 0 Å². The Kier molecular flexibility index (Phi) is 7.48. The molecule has 0 spiro atoms. The van der Waals surface area contributed by atoms with E-state index in [-0.39, 0.29) is 17.0 Å². The van der Waals surface area contributed by atoms with E-state index in [2.05, 4.69) is 56.5 Å². The van der Waals surface area contributed by atoms with Crippen molar-refractivity contribution in [1.82, 2.24) is 14.9 Å². The van der Waals surface area contributed by atoms with Gasteiger partial charge in [0.1, 0.15) is 10.6 Å². The SMILES string of the molecule is C=Cc1sc2cc(-c3ccc(NC(=O)Nc4cc(C(C)(C)C)on4)cc3)cn2c1/C=C\COCC1(NC)CC1. The number of thiazole rings is 1. The number of rotatable bonds is 10. The van der Waals surface area contributed by atoms with Gasteiger partial charge < -0.3 is 24.3 Å². The molecule has 204 valence electrons. The van der Waals surface area contributed by atoms with E-state index in [0.717, 1.165) is 33.1 Å². The van der Waals surface area contributed by atoms with E-state index in [0.29, 0.717) is 23.9 Å². The summed E-state index contributed by atoms with van der Waals surface area (Å²) >= 11 is 1.70. The maximum atomic E-state index is 12.4. The zero-order valence-electron chi connectivity index (χ0n) is 22.8. The molecule has 3 aromatic heterocycles. The fraction of sp³-hybridized carbons (Fsp3) is 0.333. The lowest BCUT2D eigenvalue weighted by Crippen LogP contribution is -2.32. The average molecular weight is 546 g/mol. The van der Waals surface area contributed by atoms with Gasteiger partial charge in [-0.3, -0.25) is 5.32 Å². The van der Waals surface area contributed by atoms with E-state index in [9.17, 15) is 4.79 Å². The van der Waals surface area contributed by atoms with Crippen molar-refractivity contribution >= 4 is 45.9 Å². The summed E-state index contributed by atoms with van der Waals surface area (Å²) in [5, 5.41) is 12.8. The fourth-order valence-corrected chi connectivity index (χ4v) is 5.29. The van der Waals surface area contributed by atoms with Crippen LogP contribution in [0.15, 0.2) is 59.8 Å². The minimum Gasteiger partial charge on any atom is -0.375 e. The van der Waals surface area contributed by atoms with Crippen LogP contribution in [0.3, 0.4) is 0 Å². The first kappa shape index (κ1) is 26.9. The molecule has 1 aromatic carbocycles. The Balaban J connectivity index is 1.22. The molecule has 0 radical (unpaired) electrons. The van der Waals surface area contributed by atoms with Gasteiger partial charge in [0.05, 0.1) is 23.8 Å². The minimum atomic E-state index is -0.378. The van der Waals surface area contributed by atoms with E-state index >= 15 is 0 Å². The summed E-state index contributed by atoms with van der Waals surface area (Å²) in [5.74, 6) is 1.08. The van der Waals surface area contributed by atoms with Gasteiger partial charge in [-0.05, 0) is 55.8 Å². The van der Waals surface area contributed by atoms with Crippen LogP contribution in [0.25, 0.3) is 28.1 Å². The van der Waals surface area contributed by atoms with Crippen molar-refractivity contribution < 1.29 is 14.1 Å². The van der Waals surface area contributed by atoms with Crippen LogP contribution in [0.5, 0.6) is 0 Å². The number of nitrogens with one attached hydrogen (secondary N) is 3. The van der Waals surface area contributed by atoms with Crippen LogP contribution in [-0.4, -0.2) is 41.4 Å². The number of amides is 2. The van der Waals surface area contributed by atoms with Gasteiger partial charge in [-0.2, -0.15) is 0 Å². The molecule has 5 rings (SSSR count). The number of nitrogens with zero attached hydrogens (tertiary/aromatic N) is 2. The Morgan fingerprint density at radius 1 is 1.21 bits per heavy atom. The monoisotopic (exact) mass is 545 g/mol. The van der Waals surface area contributed by atoms with Gasteiger partial charge in [0.25, 0.3) is 0 Å². The number of fused-ring (bicyclic) bond motifs is 1. The summed E-state index contributed by atoms with van der Waals surface area (Å²) in [7, 11) is 2.00. The number of aromatic nitrogens is 2. The number of anilines is 2. The lowest BCUT2D eigenvalue weighted by atomic mass is 9.93. The smallest absolute Gasteiger partial charge is 0.324 e. The molecule has 0 bridgehead atoms. The van der Waals surface area contributed by atoms with E-state index in [1.165, 1.54) is 12.8 Å².